The second kappa shape index (κ2) is 15.6. The third-order valence-corrected chi connectivity index (χ3v) is 13.9. The molecule has 66 heavy (non-hydrogen) atoms. The highest BCUT2D eigenvalue weighted by Crippen LogP contribution is 2.44. The van der Waals surface area contributed by atoms with Crippen LogP contribution < -0.4 is 0 Å². The lowest BCUT2D eigenvalue weighted by Gasteiger charge is -2.19. The van der Waals surface area contributed by atoms with Crippen LogP contribution in [0.25, 0.3) is 134 Å². The van der Waals surface area contributed by atoms with Gasteiger partial charge in [-0.3, -0.25) is 0 Å². The van der Waals surface area contributed by atoms with Crippen molar-refractivity contribution in [2.75, 3.05) is 0 Å². The van der Waals surface area contributed by atoms with Crippen molar-refractivity contribution < 1.29 is 0 Å². The molecule has 0 N–H and O–H groups in total. The van der Waals surface area contributed by atoms with Crippen molar-refractivity contribution in [2.24, 2.45) is 0 Å². The molecule has 0 amide bonds. The summed E-state index contributed by atoms with van der Waals surface area (Å²) in [6.07, 6.45) is 0. The molecule has 0 aromatic heterocycles. The fourth-order valence-corrected chi connectivity index (χ4v) is 10.1. The first-order valence-corrected chi connectivity index (χ1v) is 22.9. The predicted octanol–water partition coefficient (Wildman–Crippen LogP) is 18.3. The van der Waals surface area contributed by atoms with Gasteiger partial charge < -0.3 is 0 Å². The van der Waals surface area contributed by atoms with Gasteiger partial charge in [0, 0.05) is 0 Å². The molecular weight excluding hydrogens is 793 g/mol. The van der Waals surface area contributed by atoms with Crippen LogP contribution in [0.2, 0.25) is 0 Å². The van der Waals surface area contributed by atoms with E-state index in [9.17, 15) is 0 Å². The molecule has 24 bridgehead atoms. The van der Waals surface area contributed by atoms with Crippen molar-refractivity contribution >= 4 is 0 Å². The normalized spacial score (nSPS) is 11.6. The molecule has 0 heterocycles. The van der Waals surface area contributed by atoms with Crippen molar-refractivity contribution in [2.45, 2.75) is 0 Å². The summed E-state index contributed by atoms with van der Waals surface area (Å²) in [7, 11) is 0. The molecule has 0 heteroatoms. The van der Waals surface area contributed by atoms with Crippen LogP contribution in [0.4, 0.5) is 0 Å². The van der Waals surface area contributed by atoms with E-state index in [1.807, 2.05) is 0 Å². The average Bonchev–Trinajstić information content (AvgIpc) is 3.41. The SMILES string of the molecule is c1cc2ccc1-c1ccc(cc1)-c1ccc(cc1)-c1cc(c3cc1-c1ccc(cc1)-c1ccc(cc1)-c1ccc(cc1)-c1ccc(cc1)-c1ccc-3cc1)-c1ccc(cc1)-c1ccc-2cc1. The van der Waals surface area contributed by atoms with Crippen LogP contribution in [0.3, 0.4) is 0 Å². The summed E-state index contributed by atoms with van der Waals surface area (Å²) in [6, 6.07) is 95.2. The van der Waals surface area contributed by atoms with Gasteiger partial charge >= 0.3 is 0 Å². The highest BCUT2D eigenvalue weighted by molar-refractivity contribution is 5.96. The van der Waals surface area contributed by atoms with Gasteiger partial charge in [0.1, 0.15) is 0 Å². The summed E-state index contributed by atoms with van der Waals surface area (Å²) in [4.78, 5) is 0. The van der Waals surface area contributed by atoms with Crippen LogP contribution in [0.1, 0.15) is 0 Å². The zero-order valence-electron chi connectivity index (χ0n) is 36.2. The Morgan fingerprint density at radius 1 is 0.0909 bits per heavy atom. The Hall–Kier alpha value is -8.58. The smallest absolute Gasteiger partial charge is 0.00988 e. The Balaban J connectivity index is 1.02. The van der Waals surface area contributed by atoms with Crippen LogP contribution in [0.5, 0.6) is 0 Å². The molecule has 306 valence electrons. The lowest BCUT2D eigenvalue weighted by atomic mass is 9.84. The van der Waals surface area contributed by atoms with E-state index >= 15 is 0 Å². The first-order valence-electron chi connectivity index (χ1n) is 22.9. The van der Waals surface area contributed by atoms with Crippen LogP contribution >= 0.6 is 0 Å². The van der Waals surface area contributed by atoms with Crippen LogP contribution in [-0.4, -0.2) is 0 Å². The molecule has 11 aromatic rings. The Morgan fingerprint density at radius 3 is 0.258 bits per heavy atom. The van der Waals surface area contributed by atoms with Crippen molar-refractivity contribution in [3.05, 3.63) is 255 Å². The summed E-state index contributed by atoms with van der Waals surface area (Å²) >= 11 is 0. The maximum Gasteiger partial charge on any atom is -0.00988 e. The van der Waals surface area contributed by atoms with E-state index in [2.05, 4.69) is 255 Å². The maximum atomic E-state index is 2.43. The summed E-state index contributed by atoms with van der Waals surface area (Å²) < 4.78 is 0. The number of fused-ring (bicyclic) bond motifs is 1. The van der Waals surface area contributed by atoms with Crippen LogP contribution in [0, 0.1) is 0 Å². The van der Waals surface area contributed by atoms with Gasteiger partial charge in [-0.15, -0.1) is 0 Å². The van der Waals surface area contributed by atoms with Crippen molar-refractivity contribution in [1.29, 1.82) is 0 Å². The minimum Gasteiger partial charge on any atom is -0.0538 e. The summed E-state index contributed by atoms with van der Waals surface area (Å²) in [5.41, 5.74) is 28.8. The average molecular weight is 835 g/mol. The minimum atomic E-state index is 1.18. The molecule has 0 atom stereocenters. The Kier molecular flexibility index (Phi) is 8.96. The zero-order valence-corrected chi connectivity index (χ0v) is 36.2. The maximum absolute atomic E-state index is 2.43. The third-order valence-electron chi connectivity index (χ3n) is 13.9. The van der Waals surface area contributed by atoms with Crippen LogP contribution in [0.15, 0.2) is 255 Å². The van der Waals surface area contributed by atoms with E-state index in [4.69, 9.17) is 0 Å². The second-order valence-corrected chi connectivity index (χ2v) is 17.7. The van der Waals surface area contributed by atoms with Crippen LogP contribution in [-0.2, 0) is 0 Å². The van der Waals surface area contributed by atoms with E-state index < -0.39 is 0 Å². The largest absolute Gasteiger partial charge is 0.0538 e. The van der Waals surface area contributed by atoms with Gasteiger partial charge in [-0.05, 0) is 146 Å². The molecule has 0 radical (unpaired) electrons. The fourth-order valence-electron chi connectivity index (χ4n) is 10.1. The molecule has 0 nitrogen and oxygen atoms in total. The third kappa shape index (κ3) is 6.79. The summed E-state index contributed by atoms with van der Waals surface area (Å²) in [5, 5.41) is 0. The number of benzene rings is 11. The van der Waals surface area contributed by atoms with Gasteiger partial charge in [0.05, 0.1) is 0 Å². The van der Waals surface area contributed by atoms with E-state index in [-0.39, 0.29) is 0 Å². The molecule has 33 rings (SSSR count). The number of rotatable bonds is 0. The molecule has 0 fully saturated rings. The first kappa shape index (κ1) is 37.9. The van der Waals surface area contributed by atoms with Crippen molar-refractivity contribution in [1.82, 2.24) is 0 Å². The number of hydrogen-bond acceptors (Lipinski definition) is 0. The molecule has 22 aliphatic carbocycles. The van der Waals surface area contributed by atoms with E-state index in [0.717, 1.165) is 0 Å². The van der Waals surface area contributed by atoms with Gasteiger partial charge in [-0.1, -0.05) is 243 Å². The molecule has 0 spiro atoms. The highest BCUT2D eigenvalue weighted by Gasteiger charge is 2.18. The first-order chi connectivity index (χ1) is 32.6. The topological polar surface area (TPSA) is 0 Å². The Labute approximate surface area is 386 Å². The molecule has 11 aromatic carbocycles. The molecule has 0 saturated carbocycles. The quantitative estimate of drug-likeness (QED) is 0.143. The standard InChI is InChI=1S/C66H42/c1-2-44-4-3-43(1)47-9-17-51(18-10-47)55-25-33-59(34-26-55)63-41-64(60-35-27-56(28-36-60)52-19-11-48(44)12-20-52)66-42-65(63)61-37-29-57(30-38-61)53-21-13-49(14-22-53)45-5-7-46(8-6-45)50-15-23-54(24-16-50)58-31-39-62(66)40-32-58/h1-42H. The zero-order chi connectivity index (χ0) is 43.6. The molecule has 0 unspecified atom stereocenters. The molecule has 22 aliphatic rings. The van der Waals surface area contributed by atoms with Crippen molar-refractivity contribution in [3.63, 3.8) is 0 Å². The van der Waals surface area contributed by atoms with E-state index in [1.165, 1.54) is 134 Å². The second-order valence-electron chi connectivity index (χ2n) is 17.7. The fraction of sp³-hybridized carbons (Fsp3) is 0. The van der Waals surface area contributed by atoms with Gasteiger partial charge in [0.2, 0.25) is 0 Å². The Morgan fingerprint density at radius 2 is 0.167 bits per heavy atom. The predicted molar refractivity (Wildman–Crippen MR) is 279 cm³/mol. The molecular formula is C66H42. The highest BCUT2D eigenvalue weighted by atomic mass is 14.2. The molecule has 0 aliphatic heterocycles. The number of hydrogen-bond donors (Lipinski definition) is 0. The van der Waals surface area contributed by atoms with Gasteiger partial charge in [-0.2, -0.15) is 0 Å². The monoisotopic (exact) mass is 834 g/mol. The van der Waals surface area contributed by atoms with Gasteiger partial charge in [0.25, 0.3) is 0 Å². The summed E-state index contributed by atoms with van der Waals surface area (Å²) in [5.74, 6) is 0. The van der Waals surface area contributed by atoms with E-state index in [1.54, 1.807) is 0 Å². The minimum absolute atomic E-state index is 1.18. The van der Waals surface area contributed by atoms with Gasteiger partial charge in [-0.25, -0.2) is 0 Å². The summed E-state index contributed by atoms with van der Waals surface area (Å²) in [6.45, 7) is 0. The molecule has 0 saturated heterocycles. The lowest BCUT2D eigenvalue weighted by Crippen LogP contribution is -1.93. The Bertz CT molecular complexity index is 3060. The van der Waals surface area contributed by atoms with E-state index in [0.29, 0.717) is 0 Å². The van der Waals surface area contributed by atoms with Gasteiger partial charge in [0.15, 0.2) is 0 Å². The lowest BCUT2D eigenvalue weighted by molar-refractivity contribution is 1.53. The van der Waals surface area contributed by atoms with Crippen molar-refractivity contribution in [3.8, 4) is 134 Å².